The highest BCUT2D eigenvalue weighted by atomic mass is 16.5. The summed E-state index contributed by atoms with van der Waals surface area (Å²) in [5.74, 6) is 1.45. The van der Waals surface area contributed by atoms with E-state index < -0.39 is 0 Å². The van der Waals surface area contributed by atoms with Crippen molar-refractivity contribution in [3.05, 3.63) is 29.8 Å². The fourth-order valence-electron chi connectivity index (χ4n) is 3.33. The molecule has 0 aliphatic carbocycles. The number of urea groups is 1. The number of amides is 2. The summed E-state index contributed by atoms with van der Waals surface area (Å²) in [6.07, 6.45) is 2.79. The van der Waals surface area contributed by atoms with E-state index in [2.05, 4.69) is 19.2 Å². The maximum Gasteiger partial charge on any atom is 0.317 e. The van der Waals surface area contributed by atoms with Gasteiger partial charge in [0.15, 0.2) is 0 Å². The molecular weight excluding hydrogens is 304 g/mol. The van der Waals surface area contributed by atoms with Gasteiger partial charge >= 0.3 is 6.03 Å². The molecule has 24 heavy (non-hydrogen) atoms. The minimum atomic E-state index is -0.0804. The monoisotopic (exact) mass is 334 g/mol. The lowest BCUT2D eigenvalue weighted by Gasteiger charge is -2.33. The van der Waals surface area contributed by atoms with Crippen LogP contribution in [0.2, 0.25) is 0 Å². The first-order valence-corrected chi connectivity index (χ1v) is 8.84. The van der Waals surface area contributed by atoms with Crippen LogP contribution in [0.4, 0.5) is 4.79 Å². The number of nitrogens with one attached hydrogen (secondary N) is 1. The topological polar surface area (TPSA) is 61.8 Å². The largest absolute Gasteiger partial charge is 0.496 e. The molecule has 2 amide bonds. The summed E-state index contributed by atoms with van der Waals surface area (Å²) in [5.41, 5.74) is 1.01. The standard InChI is InChI=1S/C19H30N2O3/c1-14(2)11-17(16-8-4-5-9-18(16)24-3)20-19(23)21-10-6-7-15(12-21)13-22/h4-5,8-9,14-15,17,22H,6-7,10-13H2,1-3H3,(H,20,23)/t15-,17+/m1/s1. The Morgan fingerprint density at radius 2 is 2.17 bits per heavy atom. The highest BCUT2D eigenvalue weighted by Gasteiger charge is 2.26. The molecular formula is C19H30N2O3. The molecule has 2 rings (SSSR count). The maximum absolute atomic E-state index is 12.7. The van der Waals surface area contributed by atoms with E-state index in [4.69, 9.17) is 4.74 Å². The molecule has 5 heteroatoms. The number of nitrogens with zero attached hydrogens (tertiary/aromatic N) is 1. The molecule has 1 saturated heterocycles. The molecule has 1 heterocycles. The molecule has 0 saturated carbocycles. The molecule has 2 N–H and O–H groups in total. The number of piperidine rings is 1. The van der Waals surface area contributed by atoms with E-state index in [1.54, 1.807) is 7.11 Å². The molecule has 0 spiro atoms. The Hall–Kier alpha value is -1.75. The lowest BCUT2D eigenvalue weighted by Crippen LogP contribution is -2.47. The number of carbonyl (C=O) groups excluding carboxylic acids is 1. The summed E-state index contributed by atoms with van der Waals surface area (Å²) in [6.45, 7) is 5.82. The second-order valence-electron chi connectivity index (χ2n) is 7.01. The molecule has 0 radical (unpaired) electrons. The third kappa shape index (κ3) is 4.87. The number of aliphatic hydroxyl groups is 1. The van der Waals surface area contributed by atoms with Crippen LogP contribution >= 0.6 is 0 Å². The Labute approximate surface area is 145 Å². The fraction of sp³-hybridized carbons (Fsp3) is 0.632. The summed E-state index contributed by atoms with van der Waals surface area (Å²) in [6, 6.07) is 7.72. The minimum absolute atomic E-state index is 0.0512. The normalized spacial score (nSPS) is 19.2. The lowest BCUT2D eigenvalue weighted by molar-refractivity contribution is 0.127. The molecule has 0 aromatic heterocycles. The molecule has 1 aliphatic rings. The van der Waals surface area contributed by atoms with Crippen molar-refractivity contribution in [2.45, 2.75) is 39.2 Å². The van der Waals surface area contributed by atoms with Crippen molar-refractivity contribution in [2.24, 2.45) is 11.8 Å². The van der Waals surface area contributed by atoms with Crippen molar-refractivity contribution in [3.63, 3.8) is 0 Å². The van der Waals surface area contributed by atoms with Gasteiger partial charge in [0.25, 0.3) is 0 Å². The number of rotatable bonds is 6. The zero-order chi connectivity index (χ0) is 17.5. The molecule has 1 aliphatic heterocycles. The van der Waals surface area contributed by atoms with Crippen LogP contribution in [0.3, 0.4) is 0 Å². The predicted octanol–water partition coefficient (Wildman–Crippen LogP) is 3.20. The molecule has 134 valence electrons. The van der Waals surface area contributed by atoms with Crippen molar-refractivity contribution in [1.29, 1.82) is 0 Å². The van der Waals surface area contributed by atoms with Gasteiger partial charge in [0.05, 0.1) is 13.2 Å². The van der Waals surface area contributed by atoms with Crippen LogP contribution in [0, 0.1) is 11.8 Å². The van der Waals surface area contributed by atoms with Crippen molar-refractivity contribution in [3.8, 4) is 5.75 Å². The predicted molar refractivity (Wildman–Crippen MR) is 95.1 cm³/mol. The van der Waals surface area contributed by atoms with E-state index in [-0.39, 0.29) is 24.6 Å². The van der Waals surface area contributed by atoms with E-state index in [1.807, 2.05) is 29.2 Å². The Balaban J connectivity index is 2.12. The number of hydrogen-bond donors (Lipinski definition) is 2. The smallest absolute Gasteiger partial charge is 0.317 e. The van der Waals surface area contributed by atoms with Crippen molar-refractivity contribution in [2.75, 3.05) is 26.8 Å². The summed E-state index contributed by atoms with van der Waals surface area (Å²) < 4.78 is 5.47. The number of benzene rings is 1. The quantitative estimate of drug-likeness (QED) is 0.840. The minimum Gasteiger partial charge on any atom is -0.496 e. The third-order valence-electron chi connectivity index (χ3n) is 4.58. The van der Waals surface area contributed by atoms with Gasteiger partial charge in [0.1, 0.15) is 5.75 Å². The average Bonchev–Trinajstić information content (AvgIpc) is 2.60. The molecule has 1 aromatic rings. The Kier molecular flexibility index (Phi) is 6.91. The number of methoxy groups -OCH3 is 1. The zero-order valence-corrected chi connectivity index (χ0v) is 15.0. The maximum atomic E-state index is 12.7. The Morgan fingerprint density at radius 3 is 2.83 bits per heavy atom. The molecule has 2 atom stereocenters. The zero-order valence-electron chi connectivity index (χ0n) is 15.0. The Morgan fingerprint density at radius 1 is 1.42 bits per heavy atom. The molecule has 1 aromatic carbocycles. The number of likely N-dealkylation sites (tertiary alicyclic amines) is 1. The summed E-state index contributed by atoms with van der Waals surface area (Å²) >= 11 is 0. The van der Waals surface area contributed by atoms with Crippen LogP contribution in [-0.2, 0) is 0 Å². The van der Waals surface area contributed by atoms with Gasteiger partial charge in [-0.05, 0) is 37.2 Å². The number of carbonyl (C=O) groups is 1. The Bertz CT molecular complexity index is 533. The van der Waals surface area contributed by atoms with E-state index in [1.165, 1.54) is 0 Å². The van der Waals surface area contributed by atoms with Crippen LogP contribution in [0.5, 0.6) is 5.75 Å². The van der Waals surface area contributed by atoms with Crippen LogP contribution in [-0.4, -0.2) is 42.8 Å². The van der Waals surface area contributed by atoms with Gasteiger partial charge in [0, 0.05) is 25.3 Å². The van der Waals surface area contributed by atoms with Crippen LogP contribution < -0.4 is 10.1 Å². The first-order valence-electron chi connectivity index (χ1n) is 8.84. The van der Waals surface area contributed by atoms with Crippen LogP contribution in [0.1, 0.15) is 44.7 Å². The second kappa shape index (κ2) is 8.92. The van der Waals surface area contributed by atoms with Crippen LogP contribution in [0.15, 0.2) is 24.3 Å². The highest BCUT2D eigenvalue weighted by Crippen LogP contribution is 2.29. The first-order chi connectivity index (χ1) is 11.5. The number of ether oxygens (including phenoxy) is 1. The van der Waals surface area contributed by atoms with Gasteiger partial charge in [0.2, 0.25) is 0 Å². The van der Waals surface area contributed by atoms with Crippen molar-refractivity contribution in [1.82, 2.24) is 10.2 Å². The first kappa shape index (κ1) is 18.6. The lowest BCUT2D eigenvalue weighted by atomic mass is 9.96. The highest BCUT2D eigenvalue weighted by molar-refractivity contribution is 5.75. The second-order valence-corrected chi connectivity index (χ2v) is 7.01. The van der Waals surface area contributed by atoms with Crippen molar-refractivity contribution >= 4 is 6.03 Å². The summed E-state index contributed by atoms with van der Waals surface area (Å²) in [4.78, 5) is 14.5. The van der Waals surface area contributed by atoms with E-state index in [0.29, 0.717) is 12.5 Å². The van der Waals surface area contributed by atoms with Crippen molar-refractivity contribution < 1.29 is 14.6 Å². The van der Waals surface area contributed by atoms with E-state index in [0.717, 1.165) is 37.1 Å². The third-order valence-corrected chi connectivity index (χ3v) is 4.58. The van der Waals surface area contributed by atoms with Crippen LogP contribution in [0.25, 0.3) is 0 Å². The molecule has 1 fully saturated rings. The van der Waals surface area contributed by atoms with Gasteiger partial charge in [-0.1, -0.05) is 32.0 Å². The average molecular weight is 334 g/mol. The van der Waals surface area contributed by atoms with Gasteiger partial charge in [-0.25, -0.2) is 4.79 Å². The molecule has 0 bridgehead atoms. The van der Waals surface area contributed by atoms with Gasteiger partial charge in [-0.15, -0.1) is 0 Å². The SMILES string of the molecule is COc1ccccc1[C@H](CC(C)C)NC(=O)N1CCC[C@@H](CO)C1. The molecule has 5 nitrogen and oxygen atoms in total. The van der Waals surface area contributed by atoms with E-state index >= 15 is 0 Å². The molecule has 0 unspecified atom stereocenters. The number of aliphatic hydroxyl groups excluding tert-OH is 1. The van der Waals surface area contributed by atoms with Gasteiger partial charge < -0.3 is 20.1 Å². The fourth-order valence-corrected chi connectivity index (χ4v) is 3.33. The number of hydrogen-bond acceptors (Lipinski definition) is 3. The number of para-hydroxylation sites is 1. The van der Waals surface area contributed by atoms with Gasteiger partial charge in [-0.3, -0.25) is 0 Å². The van der Waals surface area contributed by atoms with Gasteiger partial charge in [-0.2, -0.15) is 0 Å². The summed E-state index contributed by atoms with van der Waals surface area (Å²) in [5, 5.41) is 12.5. The van der Waals surface area contributed by atoms with E-state index in [9.17, 15) is 9.90 Å². The summed E-state index contributed by atoms with van der Waals surface area (Å²) in [7, 11) is 1.66.